The van der Waals surface area contributed by atoms with Gasteiger partial charge in [-0.1, -0.05) is 13.0 Å². The third-order valence-electron chi connectivity index (χ3n) is 2.99. The van der Waals surface area contributed by atoms with Crippen LogP contribution in [0.2, 0.25) is 0 Å². The van der Waals surface area contributed by atoms with Crippen molar-refractivity contribution in [3.05, 3.63) is 12.2 Å². The number of nitrogens with one attached hydrogen (secondary N) is 1. The summed E-state index contributed by atoms with van der Waals surface area (Å²) < 4.78 is 0.437. The summed E-state index contributed by atoms with van der Waals surface area (Å²) >= 11 is 0. The van der Waals surface area contributed by atoms with E-state index in [9.17, 15) is 4.79 Å². The summed E-state index contributed by atoms with van der Waals surface area (Å²) in [6.07, 6.45) is 3.81. The van der Waals surface area contributed by atoms with Gasteiger partial charge >= 0.3 is 0 Å². The molecule has 1 amide bonds. The maximum atomic E-state index is 11.5. The number of carbonyl (C=O) groups excluding carboxylic acids is 1. The molecule has 5 heteroatoms. The minimum absolute atomic E-state index is 0.0342. The first-order valence-corrected chi connectivity index (χ1v) is 6.03. The van der Waals surface area contributed by atoms with Crippen molar-refractivity contribution in [3.8, 4) is 0 Å². The number of carbonyl (C=O) groups is 1. The number of aliphatic hydroxyl groups is 2. The van der Waals surface area contributed by atoms with Gasteiger partial charge in [-0.05, 0) is 13.0 Å². The Morgan fingerprint density at radius 3 is 2.24 bits per heavy atom. The monoisotopic (exact) mass is 245 g/mol. The normalized spacial score (nSPS) is 13.9. The van der Waals surface area contributed by atoms with Gasteiger partial charge in [-0.2, -0.15) is 0 Å². The van der Waals surface area contributed by atoms with E-state index in [0.717, 1.165) is 6.42 Å². The topological polar surface area (TPSA) is 69.6 Å². The van der Waals surface area contributed by atoms with Crippen LogP contribution < -0.4 is 5.32 Å². The van der Waals surface area contributed by atoms with Crippen molar-refractivity contribution in [2.75, 3.05) is 33.4 Å². The molecular weight excluding hydrogens is 220 g/mol. The fourth-order valence-corrected chi connectivity index (χ4v) is 1.94. The molecule has 1 unspecified atom stereocenters. The van der Waals surface area contributed by atoms with Crippen LogP contribution in [0.4, 0.5) is 0 Å². The molecule has 5 nitrogen and oxygen atoms in total. The fraction of sp³-hybridized carbons (Fsp3) is 0.750. The number of rotatable bonds is 8. The molecular formula is C12H25N2O3+. The van der Waals surface area contributed by atoms with Crippen LogP contribution in [0, 0.1) is 0 Å². The van der Waals surface area contributed by atoms with Gasteiger partial charge in [0, 0.05) is 6.42 Å². The lowest BCUT2D eigenvalue weighted by Crippen LogP contribution is -2.61. The quantitative estimate of drug-likeness (QED) is 0.316. The Labute approximate surface area is 103 Å². The molecule has 0 spiro atoms. The van der Waals surface area contributed by atoms with Crippen LogP contribution in [0.3, 0.4) is 0 Å². The van der Waals surface area contributed by atoms with Crippen LogP contribution in [-0.2, 0) is 4.79 Å². The first-order chi connectivity index (χ1) is 8.03. The van der Waals surface area contributed by atoms with E-state index in [2.05, 4.69) is 5.32 Å². The highest BCUT2D eigenvalue weighted by molar-refractivity contribution is 5.87. The molecule has 0 heterocycles. The smallest absolute Gasteiger partial charge is 0.248 e. The number of allylic oxidation sites excluding steroid dienone is 1. The Balaban J connectivity index is 4.71. The van der Waals surface area contributed by atoms with Gasteiger partial charge in [0.05, 0.1) is 20.3 Å². The highest BCUT2D eigenvalue weighted by atomic mass is 16.3. The molecule has 0 saturated carbocycles. The Morgan fingerprint density at radius 1 is 1.35 bits per heavy atom. The molecule has 0 rings (SSSR count). The van der Waals surface area contributed by atoms with Crippen LogP contribution in [-0.4, -0.2) is 60.1 Å². The lowest BCUT2D eigenvalue weighted by Gasteiger charge is -2.40. The minimum atomic E-state index is -0.139. The van der Waals surface area contributed by atoms with E-state index in [1.165, 1.54) is 6.08 Å². The van der Waals surface area contributed by atoms with Gasteiger partial charge in [-0.25, -0.2) is 0 Å². The zero-order chi connectivity index (χ0) is 13.3. The van der Waals surface area contributed by atoms with Gasteiger partial charge in [0.25, 0.3) is 0 Å². The number of quaternary nitrogens is 1. The third kappa shape index (κ3) is 5.30. The standard InChI is InChI=1S/C12H24N2O3/c1-4-6-12(17)13-11(5-2)14(3,7-9-15)8-10-16/h4,6,11,15-16H,5,7-10H2,1-3H3/p+1. The molecule has 100 valence electrons. The van der Waals surface area contributed by atoms with Crippen molar-refractivity contribution in [3.63, 3.8) is 0 Å². The molecule has 0 aliphatic carbocycles. The second-order valence-electron chi connectivity index (χ2n) is 4.31. The fourth-order valence-electron chi connectivity index (χ4n) is 1.94. The molecule has 0 aromatic rings. The first-order valence-electron chi connectivity index (χ1n) is 6.03. The van der Waals surface area contributed by atoms with E-state index < -0.39 is 0 Å². The number of aliphatic hydroxyl groups excluding tert-OH is 2. The summed E-state index contributed by atoms with van der Waals surface area (Å²) in [6, 6.07) is 0. The maximum Gasteiger partial charge on any atom is 0.248 e. The molecule has 0 aliphatic heterocycles. The predicted molar refractivity (Wildman–Crippen MR) is 67.1 cm³/mol. The van der Waals surface area contributed by atoms with Crippen molar-refractivity contribution in [1.82, 2.24) is 5.32 Å². The van der Waals surface area contributed by atoms with Gasteiger partial charge in [0.1, 0.15) is 13.1 Å². The van der Waals surface area contributed by atoms with Crippen molar-refractivity contribution in [1.29, 1.82) is 0 Å². The minimum Gasteiger partial charge on any atom is -0.391 e. The second-order valence-corrected chi connectivity index (χ2v) is 4.31. The lowest BCUT2D eigenvalue weighted by atomic mass is 10.2. The zero-order valence-electron chi connectivity index (χ0n) is 11.0. The predicted octanol–water partition coefficient (Wildman–Crippen LogP) is -0.154. The molecule has 3 N–H and O–H groups in total. The second kappa shape index (κ2) is 8.22. The van der Waals surface area contributed by atoms with Crippen molar-refractivity contribution in [2.24, 2.45) is 0 Å². The highest BCUT2D eigenvalue weighted by Gasteiger charge is 2.31. The van der Waals surface area contributed by atoms with Crippen LogP contribution in [0.1, 0.15) is 20.3 Å². The molecule has 0 aromatic carbocycles. The number of hydrogen-bond acceptors (Lipinski definition) is 3. The molecule has 0 fully saturated rings. The van der Waals surface area contributed by atoms with Gasteiger partial charge in [-0.3, -0.25) is 4.79 Å². The number of hydrogen-bond donors (Lipinski definition) is 3. The summed E-state index contributed by atoms with van der Waals surface area (Å²) in [5.74, 6) is -0.139. The van der Waals surface area contributed by atoms with Gasteiger partial charge in [0.15, 0.2) is 6.17 Å². The summed E-state index contributed by atoms with van der Waals surface area (Å²) in [6.45, 7) is 4.85. The van der Waals surface area contributed by atoms with E-state index in [1.807, 2.05) is 14.0 Å². The Bertz CT molecular complexity index is 248. The van der Waals surface area contributed by atoms with Crippen molar-refractivity contribution in [2.45, 2.75) is 26.4 Å². The maximum absolute atomic E-state index is 11.5. The molecule has 0 saturated heterocycles. The van der Waals surface area contributed by atoms with Gasteiger partial charge in [-0.15, -0.1) is 0 Å². The number of amides is 1. The summed E-state index contributed by atoms with van der Waals surface area (Å²) in [5, 5.41) is 21.1. The molecule has 0 bridgehead atoms. The van der Waals surface area contributed by atoms with Crippen LogP contribution >= 0.6 is 0 Å². The molecule has 1 atom stereocenters. The van der Waals surface area contributed by atoms with Crippen LogP contribution in [0.5, 0.6) is 0 Å². The van der Waals surface area contributed by atoms with Crippen LogP contribution in [0.15, 0.2) is 12.2 Å². The van der Waals surface area contributed by atoms with E-state index >= 15 is 0 Å². The van der Waals surface area contributed by atoms with E-state index in [0.29, 0.717) is 17.6 Å². The van der Waals surface area contributed by atoms with Gasteiger partial charge < -0.3 is 20.0 Å². The summed E-state index contributed by atoms with van der Waals surface area (Å²) in [7, 11) is 1.93. The van der Waals surface area contributed by atoms with E-state index in [-0.39, 0.29) is 25.3 Å². The Hall–Kier alpha value is -0.910. The van der Waals surface area contributed by atoms with Crippen molar-refractivity contribution >= 4 is 5.91 Å². The molecule has 0 radical (unpaired) electrons. The highest BCUT2D eigenvalue weighted by Crippen LogP contribution is 2.11. The first kappa shape index (κ1) is 16.1. The van der Waals surface area contributed by atoms with E-state index in [1.54, 1.807) is 13.0 Å². The molecule has 17 heavy (non-hydrogen) atoms. The Morgan fingerprint density at radius 2 is 1.88 bits per heavy atom. The molecule has 0 aromatic heterocycles. The largest absolute Gasteiger partial charge is 0.391 e. The van der Waals surface area contributed by atoms with Crippen molar-refractivity contribution < 1.29 is 19.5 Å². The average molecular weight is 245 g/mol. The number of likely N-dealkylation sites (N-methyl/N-ethyl adjacent to an activating group) is 1. The SMILES string of the molecule is CC=CC(=O)NC(CC)[N+](C)(CCO)CCO. The number of nitrogens with zero attached hydrogens (tertiary/aromatic N) is 1. The summed E-state index contributed by atoms with van der Waals surface area (Å²) in [5.41, 5.74) is 0. The van der Waals surface area contributed by atoms with Crippen LogP contribution in [0.25, 0.3) is 0 Å². The Kier molecular flexibility index (Phi) is 7.78. The lowest BCUT2D eigenvalue weighted by molar-refractivity contribution is -0.936. The molecule has 0 aliphatic rings. The average Bonchev–Trinajstić information content (AvgIpc) is 2.26. The van der Waals surface area contributed by atoms with E-state index in [4.69, 9.17) is 10.2 Å². The summed E-state index contributed by atoms with van der Waals surface area (Å²) in [4.78, 5) is 11.5. The zero-order valence-corrected chi connectivity index (χ0v) is 11.0. The third-order valence-corrected chi connectivity index (χ3v) is 2.99. The van der Waals surface area contributed by atoms with Gasteiger partial charge in [0.2, 0.25) is 5.91 Å².